The standard InChI is InChI=1S/C33H34ClNO3S/c1-33(2,38)29-10-4-3-8-24(29)15-19-31(39-20-6-11-32(36)37)26-9-5-7-23(21-26)12-17-28-18-14-25-13-16-27(34)22-30(25)35-28/h3-5,7-10,12-14,16-18,21-22,31,38H,6,11,15,19-20H2,1-2H3,(H,36,37)/t31-/m0/s1. The molecule has 0 spiro atoms. The Balaban J connectivity index is 1.53. The van der Waals surface area contributed by atoms with Crippen LogP contribution in [0.1, 0.15) is 66.3 Å². The first kappa shape index (κ1) is 28.9. The number of aromatic nitrogens is 1. The van der Waals surface area contributed by atoms with Gasteiger partial charge in [-0.2, -0.15) is 11.8 Å². The second-order valence-electron chi connectivity index (χ2n) is 10.2. The molecule has 0 bridgehead atoms. The van der Waals surface area contributed by atoms with E-state index < -0.39 is 11.6 Å². The first-order valence-electron chi connectivity index (χ1n) is 13.2. The number of nitrogens with zero attached hydrogens (tertiary/aromatic N) is 1. The fourth-order valence-electron chi connectivity index (χ4n) is 4.66. The third-order valence-electron chi connectivity index (χ3n) is 6.61. The number of aliphatic hydroxyl groups is 1. The van der Waals surface area contributed by atoms with E-state index in [4.69, 9.17) is 21.7 Å². The number of aryl methyl sites for hydroxylation is 1. The first-order chi connectivity index (χ1) is 18.7. The van der Waals surface area contributed by atoms with Crippen LogP contribution >= 0.6 is 23.4 Å². The number of aliphatic carboxylic acids is 1. The lowest BCUT2D eigenvalue weighted by molar-refractivity contribution is -0.137. The number of carbonyl (C=O) groups is 1. The molecule has 0 aliphatic rings. The summed E-state index contributed by atoms with van der Waals surface area (Å²) in [4.78, 5) is 15.7. The second-order valence-corrected chi connectivity index (χ2v) is 11.9. The lowest BCUT2D eigenvalue weighted by Crippen LogP contribution is -2.18. The van der Waals surface area contributed by atoms with Crippen LogP contribution in [-0.2, 0) is 16.8 Å². The highest BCUT2D eigenvalue weighted by Crippen LogP contribution is 2.36. The minimum absolute atomic E-state index is 0.175. The molecule has 0 fully saturated rings. The average Bonchev–Trinajstić information content (AvgIpc) is 2.91. The SMILES string of the molecule is CC(C)(O)c1ccccc1CC[C@H](SCCCC(=O)O)c1cccc(C=Cc2ccc3ccc(Cl)cc3n2)c1. The van der Waals surface area contributed by atoms with Crippen molar-refractivity contribution in [1.29, 1.82) is 0 Å². The molecule has 0 amide bonds. The summed E-state index contributed by atoms with van der Waals surface area (Å²) >= 11 is 7.95. The number of rotatable bonds is 12. The molecule has 6 heteroatoms. The second kappa shape index (κ2) is 13.3. The quantitative estimate of drug-likeness (QED) is 0.170. The Morgan fingerprint density at radius 2 is 1.82 bits per heavy atom. The third-order valence-corrected chi connectivity index (χ3v) is 8.28. The van der Waals surface area contributed by atoms with E-state index in [1.54, 1.807) is 11.8 Å². The lowest BCUT2D eigenvalue weighted by Gasteiger charge is -2.23. The molecule has 1 heterocycles. The first-order valence-corrected chi connectivity index (χ1v) is 14.6. The van der Waals surface area contributed by atoms with E-state index in [2.05, 4.69) is 36.4 Å². The summed E-state index contributed by atoms with van der Waals surface area (Å²) in [6.07, 6.45) is 6.58. The van der Waals surface area contributed by atoms with Crippen LogP contribution in [0.4, 0.5) is 0 Å². The number of pyridine rings is 1. The molecule has 4 aromatic rings. The van der Waals surface area contributed by atoms with Crippen LogP contribution in [0.5, 0.6) is 0 Å². The molecule has 1 atom stereocenters. The van der Waals surface area contributed by atoms with Crippen LogP contribution in [0.25, 0.3) is 23.1 Å². The highest BCUT2D eigenvalue weighted by atomic mass is 35.5. The zero-order valence-corrected chi connectivity index (χ0v) is 23.9. The summed E-state index contributed by atoms with van der Waals surface area (Å²) in [5.74, 6) is 0.0104. The molecular formula is C33H34ClNO3S. The average molecular weight is 560 g/mol. The van der Waals surface area contributed by atoms with Crippen LogP contribution in [0.2, 0.25) is 5.02 Å². The van der Waals surface area contributed by atoms with E-state index in [1.165, 1.54) is 5.56 Å². The number of halogens is 1. The van der Waals surface area contributed by atoms with E-state index in [0.29, 0.717) is 11.4 Å². The molecule has 4 nitrogen and oxygen atoms in total. The van der Waals surface area contributed by atoms with Gasteiger partial charge in [-0.25, -0.2) is 4.98 Å². The molecule has 0 saturated heterocycles. The summed E-state index contributed by atoms with van der Waals surface area (Å²) in [6, 6.07) is 26.3. The van der Waals surface area contributed by atoms with Crippen LogP contribution in [0, 0.1) is 0 Å². The fraction of sp³-hybridized carbons (Fsp3) is 0.273. The Labute approximate surface area is 239 Å². The largest absolute Gasteiger partial charge is 0.481 e. The van der Waals surface area contributed by atoms with Gasteiger partial charge in [0, 0.05) is 22.1 Å². The molecule has 2 N–H and O–H groups in total. The van der Waals surface area contributed by atoms with Gasteiger partial charge in [0.05, 0.1) is 16.8 Å². The summed E-state index contributed by atoms with van der Waals surface area (Å²) in [5.41, 5.74) is 5.18. The maximum atomic E-state index is 11.0. The normalized spacial score (nSPS) is 12.7. The minimum atomic E-state index is -0.909. The Morgan fingerprint density at radius 3 is 2.62 bits per heavy atom. The molecule has 0 unspecified atom stereocenters. The number of benzene rings is 3. The number of hydrogen-bond donors (Lipinski definition) is 2. The molecule has 202 valence electrons. The van der Waals surface area contributed by atoms with E-state index in [-0.39, 0.29) is 11.7 Å². The topological polar surface area (TPSA) is 70.4 Å². The van der Waals surface area contributed by atoms with Crippen molar-refractivity contribution in [2.24, 2.45) is 0 Å². The molecule has 0 radical (unpaired) electrons. The number of fused-ring (bicyclic) bond motifs is 1. The van der Waals surface area contributed by atoms with Crippen molar-refractivity contribution in [3.05, 3.63) is 112 Å². The van der Waals surface area contributed by atoms with Gasteiger partial charge in [0.25, 0.3) is 0 Å². The van der Waals surface area contributed by atoms with Crippen molar-refractivity contribution in [2.45, 2.75) is 50.4 Å². The molecule has 0 aliphatic heterocycles. The van der Waals surface area contributed by atoms with Crippen LogP contribution in [0.3, 0.4) is 0 Å². The predicted molar refractivity (Wildman–Crippen MR) is 164 cm³/mol. The van der Waals surface area contributed by atoms with Crippen molar-refractivity contribution < 1.29 is 15.0 Å². The van der Waals surface area contributed by atoms with Gasteiger partial charge >= 0.3 is 5.97 Å². The maximum Gasteiger partial charge on any atom is 0.303 e. The van der Waals surface area contributed by atoms with Crippen molar-refractivity contribution in [1.82, 2.24) is 4.98 Å². The molecule has 4 rings (SSSR count). The van der Waals surface area contributed by atoms with E-state index in [9.17, 15) is 9.90 Å². The van der Waals surface area contributed by atoms with Gasteiger partial charge in [-0.3, -0.25) is 4.79 Å². The Morgan fingerprint density at radius 1 is 1.03 bits per heavy atom. The summed E-state index contributed by atoms with van der Waals surface area (Å²) in [6.45, 7) is 3.64. The van der Waals surface area contributed by atoms with E-state index in [1.807, 2.05) is 68.5 Å². The van der Waals surface area contributed by atoms with Crippen molar-refractivity contribution >= 4 is 52.4 Å². The summed E-state index contributed by atoms with van der Waals surface area (Å²) in [5, 5.41) is 21.6. The Kier molecular flexibility index (Phi) is 9.84. The van der Waals surface area contributed by atoms with Gasteiger partial charge in [-0.15, -0.1) is 0 Å². The number of carboxylic acid groups (broad SMARTS) is 1. The van der Waals surface area contributed by atoms with Gasteiger partial charge in [-0.05, 0) is 85.4 Å². The zero-order chi connectivity index (χ0) is 27.8. The van der Waals surface area contributed by atoms with Gasteiger partial charge in [0.1, 0.15) is 0 Å². The molecule has 3 aromatic carbocycles. The van der Waals surface area contributed by atoms with Crippen molar-refractivity contribution in [3.8, 4) is 0 Å². The number of carboxylic acids is 1. The predicted octanol–water partition coefficient (Wildman–Crippen LogP) is 8.56. The highest BCUT2D eigenvalue weighted by molar-refractivity contribution is 7.99. The summed E-state index contributed by atoms with van der Waals surface area (Å²) < 4.78 is 0. The van der Waals surface area contributed by atoms with Gasteiger partial charge in [0.15, 0.2) is 0 Å². The number of hydrogen-bond acceptors (Lipinski definition) is 4. The van der Waals surface area contributed by atoms with Crippen molar-refractivity contribution in [3.63, 3.8) is 0 Å². The van der Waals surface area contributed by atoms with Gasteiger partial charge < -0.3 is 10.2 Å². The minimum Gasteiger partial charge on any atom is -0.481 e. The van der Waals surface area contributed by atoms with Gasteiger partial charge in [-0.1, -0.05) is 78.3 Å². The maximum absolute atomic E-state index is 11.0. The van der Waals surface area contributed by atoms with E-state index >= 15 is 0 Å². The highest BCUT2D eigenvalue weighted by Gasteiger charge is 2.21. The fourth-order valence-corrected chi connectivity index (χ4v) is 6.05. The molecular weight excluding hydrogens is 526 g/mol. The van der Waals surface area contributed by atoms with Crippen LogP contribution in [0.15, 0.2) is 78.9 Å². The zero-order valence-electron chi connectivity index (χ0n) is 22.3. The number of thioether (sulfide) groups is 1. The smallest absolute Gasteiger partial charge is 0.303 e. The van der Waals surface area contributed by atoms with Crippen LogP contribution < -0.4 is 0 Å². The lowest BCUT2D eigenvalue weighted by atomic mass is 9.90. The molecule has 0 aliphatic carbocycles. The Hall–Kier alpha value is -3.12. The Bertz CT molecular complexity index is 1460. The van der Waals surface area contributed by atoms with Crippen LogP contribution in [-0.4, -0.2) is 26.9 Å². The molecule has 0 saturated carbocycles. The third kappa shape index (κ3) is 8.43. The monoisotopic (exact) mass is 559 g/mol. The van der Waals surface area contributed by atoms with Crippen molar-refractivity contribution in [2.75, 3.05) is 5.75 Å². The molecule has 1 aromatic heterocycles. The van der Waals surface area contributed by atoms with E-state index in [0.717, 1.165) is 51.9 Å². The summed E-state index contributed by atoms with van der Waals surface area (Å²) in [7, 11) is 0. The molecule has 39 heavy (non-hydrogen) atoms. The van der Waals surface area contributed by atoms with Gasteiger partial charge in [0.2, 0.25) is 0 Å².